The van der Waals surface area contributed by atoms with Crippen LogP contribution in [0.5, 0.6) is 0 Å². The first-order valence-electron chi connectivity index (χ1n) is 10.3. The number of esters is 1. The SMILES string of the molecule is CCOC(=O)C1(c2ccc(NC(=O)C(c3ccccc3)c3ccccc3)cc2)CC1. The Balaban J connectivity index is 1.54. The molecule has 0 atom stereocenters. The van der Waals surface area contributed by atoms with Gasteiger partial charge in [0.05, 0.1) is 17.9 Å². The van der Waals surface area contributed by atoms with Crippen LogP contribution < -0.4 is 5.32 Å². The van der Waals surface area contributed by atoms with Gasteiger partial charge in [0.2, 0.25) is 5.91 Å². The van der Waals surface area contributed by atoms with E-state index in [-0.39, 0.29) is 11.9 Å². The Morgan fingerprint density at radius 1 is 0.867 bits per heavy atom. The van der Waals surface area contributed by atoms with Gasteiger partial charge < -0.3 is 10.1 Å². The van der Waals surface area contributed by atoms with Crippen LogP contribution in [-0.4, -0.2) is 18.5 Å². The van der Waals surface area contributed by atoms with Crippen molar-refractivity contribution in [3.63, 3.8) is 0 Å². The summed E-state index contributed by atoms with van der Waals surface area (Å²) < 4.78 is 5.24. The van der Waals surface area contributed by atoms with Gasteiger partial charge in [-0.15, -0.1) is 0 Å². The lowest BCUT2D eigenvalue weighted by Crippen LogP contribution is -2.24. The number of carbonyl (C=O) groups is 2. The van der Waals surface area contributed by atoms with Crippen LogP contribution in [0.25, 0.3) is 0 Å². The molecule has 4 nitrogen and oxygen atoms in total. The summed E-state index contributed by atoms with van der Waals surface area (Å²) >= 11 is 0. The zero-order valence-corrected chi connectivity index (χ0v) is 17.0. The van der Waals surface area contributed by atoms with Crippen molar-refractivity contribution in [1.82, 2.24) is 0 Å². The number of ether oxygens (including phenoxy) is 1. The smallest absolute Gasteiger partial charge is 0.316 e. The van der Waals surface area contributed by atoms with Gasteiger partial charge in [-0.3, -0.25) is 9.59 Å². The first-order valence-corrected chi connectivity index (χ1v) is 10.3. The molecular formula is C26H25NO3. The molecule has 1 aliphatic rings. The molecule has 1 saturated carbocycles. The van der Waals surface area contributed by atoms with E-state index in [9.17, 15) is 9.59 Å². The van der Waals surface area contributed by atoms with E-state index in [1.807, 2.05) is 91.9 Å². The van der Waals surface area contributed by atoms with Gasteiger partial charge in [-0.2, -0.15) is 0 Å². The molecule has 0 bridgehead atoms. The monoisotopic (exact) mass is 399 g/mol. The lowest BCUT2D eigenvalue weighted by molar-refractivity contribution is -0.146. The van der Waals surface area contributed by atoms with Crippen LogP contribution in [-0.2, 0) is 19.7 Å². The van der Waals surface area contributed by atoms with Crippen molar-refractivity contribution in [2.24, 2.45) is 0 Å². The molecule has 1 N–H and O–H groups in total. The maximum atomic E-state index is 13.2. The van der Waals surface area contributed by atoms with Gasteiger partial charge in [-0.25, -0.2) is 0 Å². The van der Waals surface area contributed by atoms with E-state index in [1.54, 1.807) is 0 Å². The highest BCUT2D eigenvalue weighted by molar-refractivity contribution is 5.98. The average molecular weight is 399 g/mol. The molecular weight excluding hydrogens is 374 g/mol. The molecule has 0 spiro atoms. The molecule has 0 radical (unpaired) electrons. The zero-order valence-electron chi connectivity index (χ0n) is 17.0. The molecule has 3 aromatic rings. The number of nitrogens with one attached hydrogen (secondary N) is 1. The Morgan fingerprint density at radius 2 is 1.40 bits per heavy atom. The Labute approximate surface area is 176 Å². The third kappa shape index (κ3) is 3.99. The van der Waals surface area contributed by atoms with Crippen LogP contribution in [0.3, 0.4) is 0 Å². The van der Waals surface area contributed by atoms with Gasteiger partial charge in [-0.05, 0) is 48.6 Å². The number of hydrogen-bond acceptors (Lipinski definition) is 3. The van der Waals surface area contributed by atoms with Gasteiger partial charge in [0.15, 0.2) is 0 Å². The first kappa shape index (κ1) is 19.9. The van der Waals surface area contributed by atoms with Crippen molar-refractivity contribution in [3.8, 4) is 0 Å². The Kier molecular flexibility index (Phi) is 5.66. The molecule has 0 unspecified atom stereocenters. The number of amides is 1. The summed E-state index contributed by atoms with van der Waals surface area (Å²) in [7, 11) is 0. The van der Waals surface area contributed by atoms with Crippen molar-refractivity contribution in [3.05, 3.63) is 102 Å². The first-order chi connectivity index (χ1) is 14.6. The van der Waals surface area contributed by atoms with Crippen molar-refractivity contribution in [1.29, 1.82) is 0 Å². The van der Waals surface area contributed by atoms with Gasteiger partial charge in [0, 0.05) is 5.69 Å². The highest BCUT2D eigenvalue weighted by Gasteiger charge is 2.52. The molecule has 3 aromatic carbocycles. The maximum Gasteiger partial charge on any atom is 0.316 e. The Bertz CT molecular complexity index is 970. The van der Waals surface area contributed by atoms with Gasteiger partial charge in [-0.1, -0.05) is 72.8 Å². The van der Waals surface area contributed by atoms with Crippen molar-refractivity contribution >= 4 is 17.6 Å². The number of rotatable bonds is 7. The van der Waals surface area contributed by atoms with Crippen molar-refractivity contribution in [2.75, 3.05) is 11.9 Å². The van der Waals surface area contributed by atoms with E-state index in [4.69, 9.17) is 4.74 Å². The molecule has 0 aromatic heterocycles. The van der Waals surface area contributed by atoms with Crippen LogP contribution >= 0.6 is 0 Å². The molecule has 4 heteroatoms. The van der Waals surface area contributed by atoms with E-state index >= 15 is 0 Å². The molecule has 1 amide bonds. The lowest BCUT2D eigenvalue weighted by atomic mass is 9.90. The second-order valence-electron chi connectivity index (χ2n) is 7.62. The minimum Gasteiger partial charge on any atom is -0.465 e. The Morgan fingerprint density at radius 3 is 1.87 bits per heavy atom. The van der Waals surface area contributed by atoms with E-state index in [2.05, 4.69) is 5.32 Å². The minimum absolute atomic E-state index is 0.0910. The molecule has 1 fully saturated rings. The normalized spacial score (nSPS) is 14.2. The highest BCUT2D eigenvalue weighted by Crippen LogP contribution is 2.49. The summed E-state index contributed by atoms with van der Waals surface area (Å²) in [6.07, 6.45) is 1.61. The van der Waals surface area contributed by atoms with Crippen molar-refractivity contribution in [2.45, 2.75) is 31.1 Å². The topological polar surface area (TPSA) is 55.4 Å². The van der Waals surface area contributed by atoms with Crippen LogP contribution in [0, 0.1) is 0 Å². The second kappa shape index (κ2) is 8.54. The standard InChI is InChI=1S/C26H25NO3/c1-2-30-25(29)26(17-18-26)21-13-15-22(16-14-21)27-24(28)23(19-9-5-3-6-10-19)20-11-7-4-8-12-20/h3-16,23H,2,17-18H2,1H3,(H,27,28). The van der Waals surface area contributed by atoms with E-state index in [1.165, 1.54) is 0 Å². The van der Waals surface area contributed by atoms with Crippen LogP contribution in [0.2, 0.25) is 0 Å². The summed E-state index contributed by atoms with van der Waals surface area (Å²) in [6, 6.07) is 27.1. The van der Waals surface area contributed by atoms with Gasteiger partial charge in [0.25, 0.3) is 0 Å². The third-order valence-electron chi connectivity index (χ3n) is 5.65. The zero-order chi connectivity index (χ0) is 21.0. The summed E-state index contributed by atoms with van der Waals surface area (Å²) in [4.78, 5) is 25.5. The second-order valence-corrected chi connectivity index (χ2v) is 7.62. The van der Waals surface area contributed by atoms with Gasteiger partial charge >= 0.3 is 5.97 Å². The number of hydrogen-bond donors (Lipinski definition) is 1. The molecule has 4 rings (SSSR count). The van der Waals surface area contributed by atoms with Crippen LogP contribution in [0.4, 0.5) is 5.69 Å². The summed E-state index contributed by atoms with van der Waals surface area (Å²) in [5, 5.41) is 3.04. The average Bonchev–Trinajstić information content (AvgIpc) is 3.58. The lowest BCUT2D eigenvalue weighted by Gasteiger charge is -2.19. The molecule has 0 aliphatic heterocycles. The largest absolute Gasteiger partial charge is 0.465 e. The molecule has 30 heavy (non-hydrogen) atoms. The van der Waals surface area contributed by atoms with Crippen LogP contribution in [0.1, 0.15) is 42.4 Å². The number of carbonyl (C=O) groups excluding carboxylic acids is 2. The summed E-state index contributed by atoms with van der Waals surface area (Å²) in [5.74, 6) is -0.650. The fraction of sp³-hybridized carbons (Fsp3) is 0.231. The summed E-state index contributed by atoms with van der Waals surface area (Å²) in [5.41, 5.74) is 3.03. The van der Waals surface area contributed by atoms with E-state index in [0.29, 0.717) is 12.3 Å². The van der Waals surface area contributed by atoms with Crippen molar-refractivity contribution < 1.29 is 14.3 Å². The quantitative estimate of drug-likeness (QED) is 0.566. The third-order valence-corrected chi connectivity index (χ3v) is 5.65. The molecule has 0 saturated heterocycles. The van der Waals surface area contributed by atoms with E-state index in [0.717, 1.165) is 29.5 Å². The highest BCUT2D eigenvalue weighted by atomic mass is 16.5. The number of anilines is 1. The summed E-state index contributed by atoms with van der Waals surface area (Å²) in [6.45, 7) is 2.21. The predicted molar refractivity (Wildman–Crippen MR) is 117 cm³/mol. The Hall–Kier alpha value is -3.40. The van der Waals surface area contributed by atoms with Gasteiger partial charge in [0.1, 0.15) is 0 Å². The minimum atomic E-state index is -0.505. The molecule has 0 heterocycles. The fourth-order valence-electron chi connectivity index (χ4n) is 3.88. The maximum absolute atomic E-state index is 13.2. The number of benzene rings is 3. The predicted octanol–water partition coefficient (Wildman–Crippen LogP) is 5.05. The molecule has 152 valence electrons. The fourth-order valence-corrected chi connectivity index (χ4v) is 3.88. The van der Waals surface area contributed by atoms with Crippen LogP contribution in [0.15, 0.2) is 84.9 Å². The van der Waals surface area contributed by atoms with E-state index < -0.39 is 11.3 Å². The molecule has 1 aliphatic carbocycles.